The highest BCUT2D eigenvalue weighted by atomic mass is 32.2. The molecule has 0 saturated heterocycles. The van der Waals surface area contributed by atoms with Crippen LogP contribution in [-0.2, 0) is 10.0 Å². The van der Waals surface area contributed by atoms with E-state index in [1.54, 1.807) is 0 Å². The molecule has 1 aliphatic rings. The Morgan fingerprint density at radius 3 is 2.19 bits per heavy atom. The van der Waals surface area contributed by atoms with Gasteiger partial charge in [0, 0.05) is 12.6 Å². The van der Waals surface area contributed by atoms with Gasteiger partial charge in [0.25, 0.3) is 0 Å². The molecule has 16 heavy (non-hydrogen) atoms. The summed E-state index contributed by atoms with van der Waals surface area (Å²) in [5.41, 5.74) is 0. The van der Waals surface area contributed by atoms with Crippen LogP contribution in [0.3, 0.4) is 0 Å². The van der Waals surface area contributed by atoms with Crippen LogP contribution >= 0.6 is 0 Å². The van der Waals surface area contributed by atoms with Gasteiger partial charge in [-0.2, -0.15) is 0 Å². The summed E-state index contributed by atoms with van der Waals surface area (Å²) in [6, 6.07) is 0.491. The van der Waals surface area contributed by atoms with Crippen molar-refractivity contribution in [2.24, 2.45) is 11.8 Å². The molecule has 1 aliphatic carbocycles. The van der Waals surface area contributed by atoms with Gasteiger partial charge in [0.1, 0.15) is 0 Å². The molecule has 0 spiro atoms. The van der Waals surface area contributed by atoms with Gasteiger partial charge in [-0.25, -0.2) is 13.1 Å². The first kappa shape index (κ1) is 13.9. The highest BCUT2D eigenvalue weighted by Crippen LogP contribution is 2.28. The van der Waals surface area contributed by atoms with Gasteiger partial charge >= 0.3 is 0 Å². The van der Waals surface area contributed by atoms with Crippen LogP contribution in [0.25, 0.3) is 0 Å². The molecule has 0 aliphatic heterocycles. The van der Waals surface area contributed by atoms with Crippen molar-refractivity contribution in [1.29, 1.82) is 0 Å². The topological polar surface area (TPSA) is 58.2 Å². The van der Waals surface area contributed by atoms with Crippen molar-refractivity contribution in [3.63, 3.8) is 0 Å². The van der Waals surface area contributed by atoms with Crippen molar-refractivity contribution >= 4 is 10.0 Å². The molecule has 2 atom stereocenters. The monoisotopic (exact) mass is 248 g/mol. The Hall–Kier alpha value is -0.130. The summed E-state index contributed by atoms with van der Waals surface area (Å²) in [5, 5.41) is 3.35. The van der Waals surface area contributed by atoms with E-state index < -0.39 is 10.0 Å². The third kappa shape index (κ3) is 4.80. The fraction of sp³-hybridized carbons (Fsp3) is 1.00. The van der Waals surface area contributed by atoms with E-state index in [9.17, 15) is 8.42 Å². The molecule has 1 rings (SSSR count). The van der Waals surface area contributed by atoms with Crippen molar-refractivity contribution in [2.45, 2.75) is 39.2 Å². The fourth-order valence-electron chi connectivity index (χ4n) is 2.61. The van der Waals surface area contributed by atoms with Gasteiger partial charge in [-0.05, 0) is 38.1 Å². The summed E-state index contributed by atoms with van der Waals surface area (Å²) in [6.07, 6.45) is 3.64. The summed E-state index contributed by atoms with van der Waals surface area (Å²) in [6.45, 7) is 5.09. The Kier molecular flexibility index (Phi) is 5.21. The van der Waals surface area contributed by atoms with Gasteiger partial charge in [0.15, 0.2) is 0 Å². The van der Waals surface area contributed by atoms with Gasteiger partial charge in [0.2, 0.25) is 10.0 Å². The quantitative estimate of drug-likeness (QED) is 0.761. The zero-order valence-corrected chi connectivity index (χ0v) is 11.3. The van der Waals surface area contributed by atoms with Crippen molar-refractivity contribution < 1.29 is 8.42 Å². The second-order valence-corrected chi connectivity index (χ2v) is 7.14. The van der Waals surface area contributed by atoms with E-state index in [4.69, 9.17) is 0 Å². The Morgan fingerprint density at radius 1 is 1.12 bits per heavy atom. The van der Waals surface area contributed by atoms with E-state index in [0.29, 0.717) is 12.6 Å². The average Bonchev–Trinajstić information content (AvgIpc) is 2.16. The highest BCUT2D eigenvalue weighted by molar-refractivity contribution is 7.89. The number of rotatable bonds is 5. The average molecular weight is 248 g/mol. The lowest BCUT2D eigenvalue weighted by atomic mass is 9.80. The van der Waals surface area contributed by atoms with Gasteiger partial charge in [-0.1, -0.05) is 13.8 Å². The smallest absolute Gasteiger partial charge is 0.212 e. The summed E-state index contributed by atoms with van der Waals surface area (Å²) in [4.78, 5) is 0. The Balaban J connectivity index is 2.27. The zero-order chi connectivity index (χ0) is 12.2. The van der Waals surface area contributed by atoms with Crippen LogP contribution in [0.5, 0.6) is 0 Å². The molecule has 0 bridgehead atoms. The fourth-order valence-corrected chi connectivity index (χ4v) is 3.20. The number of hydrogen-bond donors (Lipinski definition) is 2. The van der Waals surface area contributed by atoms with E-state index in [1.165, 1.54) is 26.3 Å². The summed E-state index contributed by atoms with van der Waals surface area (Å²) < 4.78 is 24.8. The van der Waals surface area contributed by atoms with Gasteiger partial charge < -0.3 is 5.32 Å². The van der Waals surface area contributed by atoms with Crippen molar-refractivity contribution in [3.8, 4) is 0 Å². The first-order chi connectivity index (χ1) is 7.43. The minimum Gasteiger partial charge on any atom is -0.313 e. The minimum atomic E-state index is -3.06. The zero-order valence-electron chi connectivity index (χ0n) is 10.5. The molecule has 0 heterocycles. The van der Waals surface area contributed by atoms with E-state index in [0.717, 1.165) is 11.8 Å². The molecule has 0 amide bonds. The van der Waals surface area contributed by atoms with E-state index in [1.807, 2.05) is 0 Å². The largest absolute Gasteiger partial charge is 0.313 e. The molecule has 0 radical (unpaired) electrons. The number of sulfonamides is 1. The minimum absolute atomic E-state index is 0.169. The van der Waals surface area contributed by atoms with Gasteiger partial charge in [-0.3, -0.25) is 0 Å². The van der Waals surface area contributed by atoms with Crippen molar-refractivity contribution in [3.05, 3.63) is 0 Å². The molecule has 2 unspecified atom stereocenters. The molecule has 96 valence electrons. The lowest BCUT2D eigenvalue weighted by Gasteiger charge is -2.32. The summed E-state index contributed by atoms with van der Waals surface area (Å²) in [5.74, 6) is 1.67. The number of hydrogen-bond acceptors (Lipinski definition) is 3. The van der Waals surface area contributed by atoms with Crippen LogP contribution in [0.2, 0.25) is 0 Å². The maximum absolute atomic E-state index is 11.2. The predicted molar refractivity (Wildman–Crippen MR) is 66.8 cm³/mol. The third-order valence-electron chi connectivity index (χ3n) is 3.29. The third-order valence-corrected chi connectivity index (χ3v) is 4.66. The van der Waals surface area contributed by atoms with Crippen LogP contribution < -0.4 is 10.0 Å². The van der Waals surface area contributed by atoms with Crippen LogP contribution in [0.4, 0.5) is 0 Å². The van der Waals surface area contributed by atoms with Crippen LogP contribution in [-0.4, -0.2) is 33.8 Å². The van der Waals surface area contributed by atoms with Crippen molar-refractivity contribution in [1.82, 2.24) is 10.0 Å². The Bertz CT molecular complexity index is 293. The SMILES string of the molecule is CNS(=O)(=O)CCNC1CC(C)CC(C)C1. The molecule has 4 nitrogen and oxygen atoms in total. The number of nitrogens with one attached hydrogen (secondary N) is 2. The van der Waals surface area contributed by atoms with Crippen LogP contribution in [0.15, 0.2) is 0 Å². The molecule has 1 saturated carbocycles. The molecule has 0 aromatic rings. The first-order valence-electron chi connectivity index (χ1n) is 6.07. The van der Waals surface area contributed by atoms with Crippen LogP contribution in [0, 0.1) is 11.8 Å². The normalized spacial score (nSPS) is 31.6. The van der Waals surface area contributed by atoms with E-state index in [-0.39, 0.29) is 5.75 Å². The molecular formula is C11H24N2O2S. The first-order valence-corrected chi connectivity index (χ1v) is 7.72. The molecule has 2 N–H and O–H groups in total. The second kappa shape index (κ2) is 5.98. The molecule has 1 fully saturated rings. The standard InChI is InChI=1S/C11H24N2O2S/c1-9-6-10(2)8-11(7-9)13-4-5-16(14,15)12-3/h9-13H,4-8H2,1-3H3. The lowest BCUT2D eigenvalue weighted by Crippen LogP contribution is -2.39. The lowest BCUT2D eigenvalue weighted by molar-refractivity contribution is 0.242. The van der Waals surface area contributed by atoms with Crippen molar-refractivity contribution in [2.75, 3.05) is 19.3 Å². The Labute approximate surface area is 99.2 Å². The molecular weight excluding hydrogens is 224 g/mol. The molecule has 5 heteroatoms. The summed E-state index contributed by atoms with van der Waals surface area (Å²) in [7, 11) is -1.60. The second-order valence-electron chi connectivity index (χ2n) is 5.09. The predicted octanol–water partition coefficient (Wildman–Crippen LogP) is 0.950. The van der Waals surface area contributed by atoms with E-state index in [2.05, 4.69) is 23.9 Å². The van der Waals surface area contributed by atoms with Gasteiger partial charge in [0.05, 0.1) is 5.75 Å². The van der Waals surface area contributed by atoms with Gasteiger partial charge in [-0.15, -0.1) is 0 Å². The van der Waals surface area contributed by atoms with Crippen LogP contribution in [0.1, 0.15) is 33.1 Å². The maximum atomic E-state index is 11.2. The molecule has 0 aromatic carbocycles. The summed E-state index contributed by atoms with van der Waals surface area (Å²) >= 11 is 0. The Morgan fingerprint density at radius 2 is 1.69 bits per heavy atom. The maximum Gasteiger partial charge on any atom is 0.212 e. The highest BCUT2D eigenvalue weighted by Gasteiger charge is 2.23. The molecule has 0 aromatic heterocycles. The van der Waals surface area contributed by atoms with E-state index >= 15 is 0 Å².